The van der Waals surface area contributed by atoms with Gasteiger partial charge in [-0.15, -0.1) is 5.92 Å². The number of ether oxygens (including phenoxy) is 1. The van der Waals surface area contributed by atoms with Crippen LogP contribution in [0, 0.1) is 23.6 Å². The van der Waals surface area contributed by atoms with E-state index in [-0.39, 0.29) is 11.9 Å². The second kappa shape index (κ2) is 5.42. The van der Waals surface area contributed by atoms with Crippen LogP contribution < -0.4 is 4.74 Å². The molecule has 90 valence electrons. The van der Waals surface area contributed by atoms with Crippen molar-refractivity contribution < 1.29 is 9.13 Å². The molecule has 0 saturated heterocycles. The Bertz CT molecular complexity index is 455. The van der Waals surface area contributed by atoms with Crippen LogP contribution in [-0.2, 0) is 0 Å². The van der Waals surface area contributed by atoms with Crippen LogP contribution >= 0.6 is 11.6 Å². The Morgan fingerprint density at radius 3 is 2.88 bits per heavy atom. The first-order valence-corrected chi connectivity index (χ1v) is 6.17. The molecular weight excluding hydrogens is 239 g/mol. The summed E-state index contributed by atoms with van der Waals surface area (Å²) in [4.78, 5) is 0. The van der Waals surface area contributed by atoms with E-state index in [0.29, 0.717) is 16.7 Å². The molecule has 0 heterocycles. The molecule has 0 aliphatic heterocycles. The minimum absolute atomic E-state index is 0.161. The number of rotatable bonds is 2. The molecule has 2 rings (SSSR count). The highest BCUT2D eigenvalue weighted by atomic mass is 35.5. The molecule has 1 aromatic carbocycles. The van der Waals surface area contributed by atoms with E-state index in [0.717, 1.165) is 19.3 Å². The van der Waals surface area contributed by atoms with E-state index in [1.807, 2.05) is 6.92 Å². The maximum atomic E-state index is 12.8. The topological polar surface area (TPSA) is 9.23 Å². The second-order valence-electron chi connectivity index (χ2n) is 4.16. The molecule has 17 heavy (non-hydrogen) atoms. The van der Waals surface area contributed by atoms with E-state index < -0.39 is 0 Å². The van der Waals surface area contributed by atoms with Crippen molar-refractivity contribution in [1.82, 2.24) is 0 Å². The van der Waals surface area contributed by atoms with Crippen molar-refractivity contribution in [3.63, 3.8) is 0 Å². The summed E-state index contributed by atoms with van der Waals surface area (Å²) in [7, 11) is 0. The Labute approximate surface area is 106 Å². The Hall–Kier alpha value is -1.20. The van der Waals surface area contributed by atoms with E-state index in [9.17, 15) is 4.39 Å². The predicted octanol–water partition coefficient (Wildman–Crippen LogP) is 4.05. The largest absolute Gasteiger partial charge is 0.489 e. The van der Waals surface area contributed by atoms with Crippen LogP contribution in [0.2, 0.25) is 5.02 Å². The third-order valence-electron chi connectivity index (χ3n) is 2.77. The molecule has 0 radical (unpaired) electrons. The van der Waals surface area contributed by atoms with Gasteiger partial charge in [-0.3, -0.25) is 0 Å². The van der Waals surface area contributed by atoms with Gasteiger partial charge in [0.25, 0.3) is 0 Å². The summed E-state index contributed by atoms with van der Waals surface area (Å²) in [6.07, 6.45) is 2.92. The van der Waals surface area contributed by atoms with Gasteiger partial charge < -0.3 is 4.74 Å². The Morgan fingerprint density at radius 1 is 1.47 bits per heavy atom. The van der Waals surface area contributed by atoms with Gasteiger partial charge >= 0.3 is 0 Å². The zero-order chi connectivity index (χ0) is 12.3. The predicted molar refractivity (Wildman–Crippen MR) is 66.6 cm³/mol. The molecule has 1 nitrogen and oxygen atoms in total. The van der Waals surface area contributed by atoms with Crippen LogP contribution in [0.5, 0.6) is 5.75 Å². The fraction of sp³-hybridized carbons (Fsp3) is 0.429. The molecule has 1 fully saturated rings. The Kier molecular flexibility index (Phi) is 3.91. The fourth-order valence-electron chi connectivity index (χ4n) is 1.78. The average molecular weight is 253 g/mol. The van der Waals surface area contributed by atoms with Crippen molar-refractivity contribution in [2.75, 3.05) is 0 Å². The lowest BCUT2D eigenvalue weighted by atomic mass is 9.83. The lowest BCUT2D eigenvalue weighted by Crippen LogP contribution is -2.33. The van der Waals surface area contributed by atoms with Crippen molar-refractivity contribution in [2.45, 2.75) is 32.3 Å². The van der Waals surface area contributed by atoms with Crippen LogP contribution in [0.15, 0.2) is 18.2 Å². The third-order valence-corrected chi connectivity index (χ3v) is 3.06. The normalized spacial score (nSPS) is 22.3. The molecule has 0 bridgehead atoms. The zero-order valence-corrected chi connectivity index (χ0v) is 10.4. The van der Waals surface area contributed by atoms with E-state index in [4.69, 9.17) is 16.3 Å². The highest BCUT2D eigenvalue weighted by Gasteiger charge is 2.29. The molecule has 0 unspecified atom stereocenters. The molecule has 1 aliphatic rings. The average Bonchev–Trinajstić information content (AvgIpc) is 2.24. The van der Waals surface area contributed by atoms with Gasteiger partial charge in [0.05, 0.1) is 5.02 Å². The highest BCUT2D eigenvalue weighted by Crippen LogP contribution is 2.34. The van der Waals surface area contributed by atoms with Gasteiger partial charge in [-0.1, -0.05) is 24.4 Å². The van der Waals surface area contributed by atoms with Crippen molar-refractivity contribution in [3.05, 3.63) is 29.0 Å². The van der Waals surface area contributed by atoms with E-state index in [2.05, 4.69) is 11.8 Å². The quantitative estimate of drug-likeness (QED) is 0.722. The molecule has 1 aromatic rings. The van der Waals surface area contributed by atoms with Gasteiger partial charge in [-0.05, 0) is 31.0 Å². The lowest BCUT2D eigenvalue weighted by Gasteiger charge is -2.32. The van der Waals surface area contributed by atoms with Crippen molar-refractivity contribution in [2.24, 2.45) is 5.92 Å². The van der Waals surface area contributed by atoms with E-state index in [1.165, 1.54) is 12.1 Å². The maximum Gasteiger partial charge on any atom is 0.138 e. The third kappa shape index (κ3) is 3.14. The van der Waals surface area contributed by atoms with Crippen LogP contribution in [0.25, 0.3) is 0 Å². The molecule has 0 aromatic heterocycles. The molecule has 1 saturated carbocycles. The lowest BCUT2D eigenvalue weighted by molar-refractivity contribution is 0.0902. The first-order valence-electron chi connectivity index (χ1n) is 5.79. The first kappa shape index (κ1) is 12.3. The van der Waals surface area contributed by atoms with Crippen LogP contribution in [0.1, 0.15) is 26.2 Å². The smallest absolute Gasteiger partial charge is 0.138 e. The Morgan fingerprint density at radius 2 is 2.24 bits per heavy atom. The second-order valence-corrected chi connectivity index (χ2v) is 4.56. The summed E-state index contributed by atoms with van der Waals surface area (Å²) in [6, 6.07) is 4.20. The summed E-state index contributed by atoms with van der Waals surface area (Å²) in [5.41, 5.74) is 0. The van der Waals surface area contributed by atoms with Crippen LogP contribution in [0.4, 0.5) is 4.39 Å². The van der Waals surface area contributed by atoms with Crippen LogP contribution in [0.3, 0.4) is 0 Å². The summed E-state index contributed by atoms with van der Waals surface area (Å²) < 4.78 is 18.5. The fourth-order valence-corrected chi connectivity index (χ4v) is 1.99. The first-order chi connectivity index (χ1) is 8.19. The standard InChI is InChI=1S/C14H14ClFO/c1-2-3-4-10-7-12(8-10)17-14-6-5-11(16)9-13(14)15/h5-6,9-10,12H,2,7-8H2,1H3. The van der Waals surface area contributed by atoms with Gasteiger partial charge in [0.1, 0.15) is 17.7 Å². The zero-order valence-electron chi connectivity index (χ0n) is 9.67. The van der Waals surface area contributed by atoms with E-state index >= 15 is 0 Å². The minimum atomic E-state index is -0.345. The maximum absolute atomic E-state index is 12.8. The van der Waals surface area contributed by atoms with Crippen molar-refractivity contribution in [3.8, 4) is 17.6 Å². The number of hydrogen-bond acceptors (Lipinski definition) is 1. The molecule has 0 N–H and O–H groups in total. The molecular formula is C14H14ClFO. The van der Waals surface area contributed by atoms with Gasteiger partial charge in [-0.25, -0.2) is 4.39 Å². The van der Waals surface area contributed by atoms with Crippen molar-refractivity contribution in [1.29, 1.82) is 0 Å². The van der Waals surface area contributed by atoms with Gasteiger partial charge in [0, 0.05) is 12.3 Å². The summed E-state index contributed by atoms with van der Waals surface area (Å²) in [5.74, 6) is 6.91. The number of benzene rings is 1. The molecule has 0 amide bonds. The molecule has 0 atom stereocenters. The monoisotopic (exact) mass is 252 g/mol. The number of hydrogen-bond donors (Lipinski definition) is 0. The molecule has 1 aliphatic carbocycles. The van der Waals surface area contributed by atoms with Crippen molar-refractivity contribution >= 4 is 11.6 Å². The SMILES string of the molecule is CCC#CC1CC(Oc2ccc(F)cc2Cl)C1. The summed E-state index contributed by atoms with van der Waals surface area (Å²) in [5, 5.41) is 0.327. The molecule has 3 heteroatoms. The van der Waals surface area contributed by atoms with Gasteiger partial charge in [0.2, 0.25) is 0 Å². The summed E-state index contributed by atoms with van der Waals surface area (Å²) >= 11 is 5.88. The minimum Gasteiger partial charge on any atom is -0.489 e. The van der Waals surface area contributed by atoms with E-state index in [1.54, 1.807) is 6.07 Å². The Balaban J connectivity index is 1.87. The van der Waals surface area contributed by atoms with Gasteiger partial charge in [0.15, 0.2) is 0 Å². The number of halogens is 2. The van der Waals surface area contributed by atoms with Gasteiger partial charge in [-0.2, -0.15) is 0 Å². The summed E-state index contributed by atoms with van der Waals surface area (Å²) in [6.45, 7) is 2.04. The molecule has 0 spiro atoms. The van der Waals surface area contributed by atoms with Crippen LogP contribution in [-0.4, -0.2) is 6.10 Å². The highest BCUT2D eigenvalue weighted by molar-refractivity contribution is 6.32.